The molecule has 5 heteroatoms. The van der Waals surface area contributed by atoms with E-state index in [2.05, 4.69) is 18.9 Å². The fourth-order valence-electron chi connectivity index (χ4n) is 2.23. The van der Waals surface area contributed by atoms with E-state index in [0.29, 0.717) is 12.4 Å². The number of hydrogen-bond acceptors (Lipinski definition) is 4. The molecule has 0 fully saturated rings. The Morgan fingerprint density at radius 2 is 2.00 bits per heavy atom. The van der Waals surface area contributed by atoms with Crippen molar-refractivity contribution in [3.05, 3.63) is 35.5 Å². The van der Waals surface area contributed by atoms with Crippen molar-refractivity contribution in [3.63, 3.8) is 0 Å². The normalized spacial score (nSPS) is 10.9. The second-order valence-corrected chi connectivity index (χ2v) is 4.85. The molecule has 5 nitrogen and oxygen atoms in total. The van der Waals surface area contributed by atoms with Gasteiger partial charge < -0.3 is 15.2 Å². The molecule has 0 aliphatic carbocycles. The van der Waals surface area contributed by atoms with Gasteiger partial charge in [-0.1, -0.05) is 19.9 Å². The van der Waals surface area contributed by atoms with E-state index in [-0.39, 0.29) is 5.92 Å². The average molecular weight is 275 g/mol. The summed E-state index contributed by atoms with van der Waals surface area (Å²) in [7, 11) is 3.28. The van der Waals surface area contributed by atoms with Crippen LogP contribution in [-0.2, 0) is 6.54 Å². The summed E-state index contributed by atoms with van der Waals surface area (Å²) in [4.78, 5) is 0. The van der Waals surface area contributed by atoms with Crippen LogP contribution in [0.4, 0.5) is 0 Å². The summed E-state index contributed by atoms with van der Waals surface area (Å²) >= 11 is 0. The lowest BCUT2D eigenvalue weighted by atomic mass is 10.1. The van der Waals surface area contributed by atoms with Gasteiger partial charge in [0, 0.05) is 12.6 Å². The Morgan fingerprint density at radius 3 is 2.55 bits per heavy atom. The minimum absolute atomic E-state index is 0.286. The highest BCUT2D eigenvalue weighted by atomic mass is 16.5. The van der Waals surface area contributed by atoms with Crippen molar-refractivity contribution in [3.8, 4) is 17.3 Å². The molecule has 1 aromatic heterocycles. The van der Waals surface area contributed by atoms with Crippen molar-refractivity contribution < 1.29 is 9.47 Å². The van der Waals surface area contributed by atoms with E-state index in [0.717, 1.165) is 22.7 Å². The van der Waals surface area contributed by atoms with Gasteiger partial charge in [-0.05, 0) is 18.1 Å². The molecule has 1 aromatic carbocycles. The van der Waals surface area contributed by atoms with E-state index in [9.17, 15) is 0 Å². The topological polar surface area (TPSA) is 62.3 Å². The number of nitrogens with zero attached hydrogens (tertiary/aromatic N) is 2. The quantitative estimate of drug-likeness (QED) is 0.910. The molecule has 0 aliphatic rings. The standard InChI is InChI=1S/C15H21N3O2/c1-10(2)14-13(9-16)15(20-4)18(17-14)11-6-5-7-12(8-11)19-3/h5-8,10H,9,16H2,1-4H3. The van der Waals surface area contributed by atoms with Gasteiger partial charge in [0.2, 0.25) is 5.88 Å². The molecule has 1 heterocycles. The third-order valence-electron chi connectivity index (χ3n) is 3.21. The largest absolute Gasteiger partial charge is 0.497 e. The monoisotopic (exact) mass is 275 g/mol. The van der Waals surface area contributed by atoms with Crippen molar-refractivity contribution in [1.82, 2.24) is 9.78 Å². The molecule has 0 saturated heterocycles. The summed E-state index contributed by atoms with van der Waals surface area (Å²) in [5.41, 5.74) is 8.66. The molecule has 0 spiro atoms. The van der Waals surface area contributed by atoms with Crippen molar-refractivity contribution in [1.29, 1.82) is 0 Å². The minimum Gasteiger partial charge on any atom is -0.497 e. The Bertz CT molecular complexity index is 591. The van der Waals surface area contributed by atoms with Gasteiger partial charge >= 0.3 is 0 Å². The van der Waals surface area contributed by atoms with Crippen LogP contribution in [0.2, 0.25) is 0 Å². The van der Waals surface area contributed by atoms with Gasteiger partial charge in [-0.3, -0.25) is 0 Å². The first-order valence-electron chi connectivity index (χ1n) is 6.62. The van der Waals surface area contributed by atoms with Crippen molar-refractivity contribution in [2.24, 2.45) is 5.73 Å². The first kappa shape index (κ1) is 14.4. The van der Waals surface area contributed by atoms with Crippen LogP contribution in [0.5, 0.6) is 11.6 Å². The van der Waals surface area contributed by atoms with E-state index in [1.165, 1.54) is 0 Å². The van der Waals surface area contributed by atoms with Gasteiger partial charge in [0.25, 0.3) is 0 Å². The summed E-state index contributed by atoms with van der Waals surface area (Å²) in [6.45, 7) is 4.59. The van der Waals surface area contributed by atoms with E-state index in [4.69, 9.17) is 15.2 Å². The second-order valence-electron chi connectivity index (χ2n) is 4.85. The molecule has 0 saturated carbocycles. The lowest BCUT2D eigenvalue weighted by molar-refractivity contribution is 0.378. The molecule has 0 atom stereocenters. The molecule has 108 valence electrons. The first-order valence-corrected chi connectivity index (χ1v) is 6.62. The zero-order valence-corrected chi connectivity index (χ0v) is 12.4. The number of hydrogen-bond donors (Lipinski definition) is 1. The summed E-state index contributed by atoms with van der Waals surface area (Å²) in [6, 6.07) is 7.70. The molecule has 20 heavy (non-hydrogen) atoms. The lowest BCUT2D eigenvalue weighted by Gasteiger charge is -2.08. The maximum absolute atomic E-state index is 5.85. The molecular formula is C15H21N3O2. The third kappa shape index (κ3) is 2.49. The SMILES string of the molecule is COc1cccc(-n2nc(C(C)C)c(CN)c2OC)c1. The fraction of sp³-hybridized carbons (Fsp3) is 0.400. The van der Waals surface area contributed by atoms with Gasteiger partial charge in [0.05, 0.1) is 31.2 Å². The van der Waals surface area contributed by atoms with Crippen LogP contribution in [0.3, 0.4) is 0 Å². The predicted molar refractivity (Wildman–Crippen MR) is 78.6 cm³/mol. The number of methoxy groups -OCH3 is 2. The van der Waals surface area contributed by atoms with Gasteiger partial charge in [-0.15, -0.1) is 0 Å². The number of rotatable bonds is 5. The molecule has 0 radical (unpaired) electrons. The number of aromatic nitrogens is 2. The van der Waals surface area contributed by atoms with Crippen LogP contribution in [0.25, 0.3) is 5.69 Å². The van der Waals surface area contributed by atoms with E-state index in [1.807, 2.05) is 24.3 Å². The highest BCUT2D eigenvalue weighted by Crippen LogP contribution is 2.30. The maximum Gasteiger partial charge on any atom is 0.221 e. The zero-order chi connectivity index (χ0) is 14.7. The van der Waals surface area contributed by atoms with Crippen LogP contribution in [0, 0.1) is 0 Å². The van der Waals surface area contributed by atoms with Crippen molar-refractivity contribution in [2.75, 3.05) is 14.2 Å². The van der Waals surface area contributed by atoms with Gasteiger partial charge in [0.1, 0.15) is 5.75 Å². The third-order valence-corrected chi connectivity index (χ3v) is 3.21. The lowest BCUT2D eigenvalue weighted by Crippen LogP contribution is -2.03. The van der Waals surface area contributed by atoms with E-state index in [1.54, 1.807) is 18.9 Å². The zero-order valence-electron chi connectivity index (χ0n) is 12.4. The average Bonchev–Trinajstić information content (AvgIpc) is 2.85. The molecule has 2 rings (SSSR count). The molecule has 0 amide bonds. The van der Waals surface area contributed by atoms with Crippen LogP contribution in [0.15, 0.2) is 24.3 Å². The number of nitrogens with two attached hydrogens (primary N) is 1. The summed E-state index contributed by atoms with van der Waals surface area (Å²) in [5.74, 6) is 1.75. The molecular weight excluding hydrogens is 254 g/mol. The molecule has 0 bridgehead atoms. The smallest absolute Gasteiger partial charge is 0.221 e. The van der Waals surface area contributed by atoms with Gasteiger partial charge in [-0.25, -0.2) is 4.68 Å². The van der Waals surface area contributed by atoms with Gasteiger partial charge in [-0.2, -0.15) is 5.10 Å². The maximum atomic E-state index is 5.85. The molecule has 0 aliphatic heterocycles. The summed E-state index contributed by atoms with van der Waals surface area (Å²) < 4.78 is 12.5. The van der Waals surface area contributed by atoms with Crippen LogP contribution < -0.4 is 15.2 Å². The number of ether oxygens (including phenoxy) is 2. The molecule has 2 N–H and O–H groups in total. The predicted octanol–water partition coefficient (Wildman–Crippen LogP) is 2.47. The highest BCUT2D eigenvalue weighted by molar-refractivity contribution is 5.45. The Labute approximate surface area is 119 Å². The van der Waals surface area contributed by atoms with E-state index >= 15 is 0 Å². The Kier molecular flexibility index (Phi) is 4.29. The summed E-state index contributed by atoms with van der Waals surface area (Å²) in [6.07, 6.45) is 0. The van der Waals surface area contributed by atoms with Crippen molar-refractivity contribution >= 4 is 0 Å². The Hall–Kier alpha value is -2.01. The second kappa shape index (κ2) is 5.96. The molecule has 0 unspecified atom stereocenters. The highest BCUT2D eigenvalue weighted by Gasteiger charge is 2.20. The molecule has 2 aromatic rings. The van der Waals surface area contributed by atoms with Crippen LogP contribution in [-0.4, -0.2) is 24.0 Å². The van der Waals surface area contributed by atoms with Crippen molar-refractivity contribution in [2.45, 2.75) is 26.3 Å². The Morgan fingerprint density at radius 1 is 1.25 bits per heavy atom. The first-order chi connectivity index (χ1) is 9.62. The Balaban J connectivity index is 2.60. The van der Waals surface area contributed by atoms with Crippen LogP contribution >= 0.6 is 0 Å². The summed E-state index contributed by atoms with van der Waals surface area (Å²) in [5, 5.41) is 4.65. The van der Waals surface area contributed by atoms with Gasteiger partial charge in [0.15, 0.2) is 0 Å². The minimum atomic E-state index is 0.286. The van der Waals surface area contributed by atoms with E-state index < -0.39 is 0 Å². The number of benzene rings is 1. The fourth-order valence-corrected chi connectivity index (χ4v) is 2.23. The van der Waals surface area contributed by atoms with Crippen LogP contribution in [0.1, 0.15) is 31.0 Å².